The third-order valence-corrected chi connectivity index (χ3v) is 5.49. The summed E-state index contributed by atoms with van der Waals surface area (Å²) >= 11 is 0. The Balaban J connectivity index is 1.61. The summed E-state index contributed by atoms with van der Waals surface area (Å²) in [6, 6.07) is 5.74. The SMILES string of the molecule is Cc1ccc(OCC(=O)N2C[C@@H]3CCC[C@@]3(C(=O)O)C2)cc1C. The van der Waals surface area contributed by atoms with E-state index in [1.807, 2.05) is 32.0 Å². The van der Waals surface area contributed by atoms with E-state index in [0.29, 0.717) is 25.3 Å². The van der Waals surface area contributed by atoms with Crippen molar-refractivity contribution in [3.05, 3.63) is 29.3 Å². The number of aryl methyl sites for hydroxylation is 2. The molecule has 5 nitrogen and oxygen atoms in total. The molecule has 124 valence electrons. The zero-order valence-electron chi connectivity index (χ0n) is 13.7. The number of aliphatic carboxylic acids is 1. The first-order chi connectivity index (χ1) is 10.9. The number of ether oxygens (including phenoxy) is 1. The third-order valence-electron chi connectivity index (χ3n) is 5.49. The number of rotatable bonds is 4. The maximum absolute atomic E-state index is 12.4. The van der Waals surface area contributed by atoms with Crippen LogP contribution in [0.15, 0.2) is 18.2 Å². The minimum atomic E-state index is -0.759. The zero-order chi connectivity index (χ0) is 16.6. The molecular formula is C18H23NO4. The van der Waals surface area contributed by atoms with Crippen LogP contribution < -0.4 is 4.74 Å². The van der Waals surface area contributed by atoms with Gasteiger partial charge in [-0.25, -0.2) is 0 Å². The Morgan fingerprint density at radius 3 is 2.78 bits per heavy atom. The highest BCUT2D eigenvalue weighted by Gasteiger charge is 2.55. The molecule has 1 amide bonds. The number of likely N-dealkylation sites (tertiary alicyclic amines) is 1. The van der Waals surface area contributed by atoms with Crippen LogP contribution in [0.3, 0.4) is 0 Å². The van der Waals surface area contributed by atoms with E-state index in [0.717, 1.165) is 18.4 Å². The van der Waals surface area contributed by atoms with Gasteiger partial charge < -0.3 is 14.7 Å². The van der Waals surface area contributed by atoms with E-state index in [1.165, 1.54) is 5.56 Å². The molecule has 0 spiro atoms. The molecule has 2 atom stereocenters. The van der Waals surface area contributed by atoms with Crippen LogP contribution in [0.2, 0.25) is 0 Å². The lowest BCUT2D eigenvalue weighted by atomic mass is 9.81. The number of hydrogen-bond donors (Lipinski definition) is 1. The van der Waals surface area contributed by atoms with Crippen molar-refractivity contribution in [3.63, 3.8) is 0 Å². The van der Waals surface area contributed by atoms with E-state index < -0.39 is 11.4 Å². The van der Waals surface area contributed by atoms with Crippen molar-refractivity contribution >= 4 is 11.9 Å². The summed E-state index contributed by atoms with van der Waals surface area (Å²) in [6.45, 7) is 4.86. The normalized spacial score (nSPS) is 26.2. The topological polar surface area (TPSA) is 66.8 Å². The van der Waals surface area contributed by atoms with E-state index >= 15 is 0 Å². The Hall–Kier alpha value is -2.04. The smallest absolute Gasteiger partial charge is 0.311 e. The summed E-state index contributed by atoms with van der Waals surface area (Å²) in [5.41, 5.74) is 1.57. The zero-order valence-corrected chi connectivity index (χ0v) is 13.7. The van der Waals surface area contributed by atoms with E-state index in [-0.39, 0.29) is 18.4 Å². The summed E-state index contributed by atoms with van der Waals surface area (Å²) < 4.78 is 5.59. The molecule has 1 N–H and O–H groups in total. The van der Waals surface area contributed by atoms with Gasteiger partial charge >= 0.3 is 5.97 Å². The van der Waals surface area contributed by atoms with E-state index in [1.54, 1.807) is 4.90 Å². The van der Waals surface area contributed by atoms with E-state index in [9.17, 15) is 14.7 Å². The molecule has 0 unspecified atom stereocenters. The summed E-state index contributed by atoms with van der Waals surface area (Å²) in [7, 11) is 0. The summed E-state index contributed by atoms with van der Waals surface area (Å²) in [6.07, 6.45) is 2.51. The monoisotopic (exact) mass is 317 g/mol. The lowest BCUT2D eigenvalue weighted by Crippen LogP contribution is -2.38. The summed E-state index contributed by atoms with van der Waals surface area (Å²) in [4.78, 5) is 25.7. The van der Waals surface area contributed by atoms with Gasteiger partial charge in [0.1, 0.15) is 5.75 Å². The minimum Gasteiger partial charge on any atom is -0.484 e. The number of hydrogen-bond acceptors (Lipinski definition) is 3. The molecule has 1 heterocycles. The van der Waals surface area contributed by atoms with Crippen molar-refractivity contribution in [3.8, 4) is 5.75 Å². The first-order valence-electron chi connectivity index (χ1n) is 8.13. The van der Waals surface area contributed by atoms with Crippen LogP contribution in [0.25, 0.3) is 0 Å². The number of fused-ring (bicyclic) bond motifs is 1. The first kappa shape index (κ1) is 15.8. The second kappa shape index (κ2) is 5.87. The van der Waals surface area contributed by atoms with Gasteiger partial charge in [-0.1, -0.05) is 12.5 Å². The largest absolute Gasteiger partial charge is 0.484 e. The second-order valence-electron chi connectivity index (χ2n) is 6.86. The number of carbonyl (C=O) groups is 2. The maximum Gasteiger partial charge on any atom is 0.311 e. The number of benzene rings is 1. The molecule has 2 fully saturated rings. The van der Waals surface area contributed by atoms with Crippen LogP contribution in [0, 0.1) is 25.2 Å². The molecule has 2 aliphatic rings. The van der Waals surface area contributed by atoms with E-state index in [4.69, 9.17) is 4.74 Å². The highest BCUT2D eigenvalue weighted by Crippen LogP contribution is 2.48. The molecule has 1 saturated carbocycles. The third kappa shape index (κ3) is 2.80. The summed E-state index contributed by atoms with van der Waals surface area (Å²) in [5.74, 6) is -0.122. The fraction of sp³-hybridized carbons (Fsp3) is 0.556. The second-order valence-corrected chi connectivity index (χ2v) is 6.86. The van der Waals surface area contributed by atoms with Crippen LogP contribution in [0.5, 0.6) is 5.75 Å². The molecule has 1 aliphatic carbocycles. The van der Waals surface area contributed by atoms with Crippen molar-refractivity contribution in [2.45, 2.75) is 33.1 Å². The Morgan fingerprint density at radius 1 is 1.35 bits per heavy atom. The first-order valence-corrected chi connectivity index (χ1v) is 8.13. The Morgan fingerprint density at radius 2 is 2.13 bits per heavy atom. The quantitative estimate of drug-likeness (QED) is 0.926. The highest BCUT2D eigenvalue weighted by atomic mass is 16.5. The van der Waals surface area contributed by atoms with Gasteiger partial charge in [0, 0.05) is 13.1 Å². The lowest BCUT2D eigenvalue weighted by molar-refractivity contribution is -0.149. The average Bonchev–Trinajstić information content (AvgIpc) is 3.06. The fourth-order valence-electron chi connectivity index (χ4n) is 3.87. The predicted octanol–water partition coefficient (Wildman–Crippen LogP) is 2.40. The van der Waals surface area contributed by atoms with Gasteiger partial charge in [0.25, 0.3) is 5.91 Å². The van der Waals surface area contributed by atoms with Gasteiger partial charge in [-0.15, -0.1) is 0 Å². The molecular weight excluding hydrogens is 294 g/mol. The minimum absolute atomic E-state index is 0.0368. The lowest BCUT2D eigenvalue weighted by Gasteiger charge is -2.23. The number of amides is 1. The molecule has 1 aromatic rings. The van der Waals surface area contributed by atoms with Crippen LogP contribution in [0.1, 0.15) is 30.4 Å². The van der Waals surface area contributed by atoms with Gasteiger partial charge in [-0.3, -0.25) is 9.59 Å². The number of carbonyl (C=O) groups excluding carboxylic acids is 1. The molecule has 0 radical (unpaired) electrons. The van der Waals surface area contributed by atoms with Gasteiger partial charge in [0.2, 0.25) is 0 Å². The summed E-state index contributed by atoms with van der Waals surface area (Å²) in [5, 5.41) is 9.57. The fourth-order valence-corrected chi connectivity index (χ4v) is 3.87. The standard InChI is InChI=1S/C18H23NO4/c1-12-5-6-15(8-13(12)2)23-10-16(20)19-9-14-4-3-7-18(14,11-19)17(21)22/h5-6,8,14H,3-4,7,9-11H2,1-2H3,(H,21,22)/t14-,18+/m0/s1. The van der Waals surface area contributed by atoms with Crippen LogP contribution >= 0.6 is 0 Å². The molecule has 3 rings (SSSR count). The molecule has 5 heteroatoms. The predicted molar refractivity (Wildman–Crippen MR) is 85.4 cm³/mol. The number of carboxylic acid groups (broad SMARTS) is 1. The van der Waals surface area contributed by atoms with Crippen LogP contribution in [0.4, 0.5) is 0 Å². The van der Waals surface area contributed by atoms with Crippen molar-refractivity contribution < 1.29 is 19.4 Å². The Kier molecular flexibility index (Phi) is 4.04. The van der Waals surface area contributed by atoms with Gasteiger partial charge in [-0.2, -0.15) is 0 Å². The van der Waals surface area contributed by atoms with Crippen molar-refractivity contribution in [2.75, 3.05) is 19.7 Å². The molecule has 0 aromatic heterocycles. The Labute approximate surface area is 136 Å². The van der Waals surface area contributed by atoms with E-state index in [2.05, 4.69) is 0 Å². The maximum atomic E-state index is 12.4. The molecule has 1 aromatic carbocycles. The van der Waals surface area contributed by atoms with Crippen LogP contribution in [-0.4, -0.2) is 41.6 Å². The van der Waals surface area contributed by atoms with Crippen molar-refractivity contribution in [1.82, 2.24) is 4.90 Å². The van der Waals surface area contributed by atoms with Gasteiger partial charge in [0.05, 0.1) is 5.41 Å². The number of carboxylic acids is 1. The van der Waals surface area contributed by atoms with Crippen molar-refractivity contribution in [2.24, 2.45) is 11.3 Å². The molecule has 1 saturated heterocycles. The number of nitrogens with zero attached hydrogens (tertiary/aromatic N) is 1. The average molecular weight is 317 g/mol. The molecule has 23 heavy (non-hydrogen) atoms. The Bertz CT molecular complexity index is 642. The van der Waals surface area contributed by atoms with Gasteiger partial charge in [-0.05, 0) is 55.9 Å². The highest BCUT2D eigenvalue weighted by molar-refractivity contribution is 5.82. The molecule has 1 aliphatic heterocycles. The van der Waals surface area contributed by atoms with Crippen LogP contribution in [-0.2, 0) is 9.59 Å². The molecule has 0 bridgehead atoms. The van der Waals surface area contributed by atoms with Gasteiger partial charge in [0.15, 0.2) is 6.61 Å². The van der Waals surface area contributed by atoms with Crippen molar-refractivity contribution in [1.29, 1.82) is 0 Å².